The number of fused-ring (bicyclic) bond motifs is 2. The van der Waals surface area contributed by atoms with Crippen molar-refractivity contribution < 1.29 is 33.0 Å². The molecule has 4 atom stereocenters. The van der Waals surface area contributed by atoms with Crippen molar-refractivity contribution in [1.29, 1.82) is 0 Å². The number of β-lactam (4-membered cyclic amide) rings is 1. The number of rotatable bonds is 5. The van der Waals surface area contributed by atoms with Crippen LogP contribution in [0, 0.1) is 10.1 Å². The lowest BCUT2D eigenvalue weighted by atomic mass is 9.95. The van der Waals surface area contributed by atoms with Gasteiger partial charge in [-0.1, -0.05) is 12.1 Å². The highest BCUT2D eigenvalue weighted by atomic mass is 32.2. The molecule has 0 bridgehead atoms. The third-order valence-electron chi connectivity index (χ3n) is 6.58. The van der Waals surface area contributed by atoms with E-state index in [2.05, 4.69) is 0 Å². The van der Waals surface area contributed by atoms with E-state index < -0.39 is 61.6 Å². The van der Waals surface area contributed by atoms with Crippen molar-refractivity contribution in [2.24, 2.45) is 0 Å². The third-order valence-corrected chi connectivity index (χ3v) is 8.77. The summed E-state index contributed by atoms with van der Waals surface area (Å²) in [7, 11) is -1.79. The summed E-state index contributed by atoms with van der Waals surface area (Å²) in [6.45, 7) is 2.92. The molecule has 3 amide bonds. The number of esters is 1. The van der Waals surface area contributed by atoms with Crippen LogP contribution in [0.4, 0.5) is 5.69 Å². The predicted molar refractivity (Wildman–Crippen MR) is 120 cm³/mol. The molecule has 35 heavy (non-hydrogen) atoms. The Morgan fingerprint density at radius 1 is 1.06 bits per heavy atom. The van der Waals surface area contributed by atoms with E-state index in [1.165, 1.54) is 36.4 Å². The molecule has 5 rings (SSSR count). The van der Waals surface area contributed by atoms with Gasteiger partial charge in [0.25, 0.3) is 23.4 Å². The summed E-state index contributed by atoms with van der Waals surface area (Å²) in [5, 5.41) is 9.76. The van der Waals surface area contributed by atoms with Gasteiger partial charge in [-0.2, -0.15) is 0 Å². The van der Waals surface area contributed by atoms with Gasteiger partial charge < -0.3 is 9.64 Å². The summed E-state index contributed by atoms with van der Waals surface area (Å²) in [4.78, 5) is 64.2. The van der Waals surface area contributed by atoms with Crippen molar-refractivity contribution >= 4 is 40.2 Å². The molecule has 0 spiro atoms. The Balaban J connectivity index is 1.36. The van der Waals surface area contributed by atoms with Crippen LogP contribution in [0.2, 0.25) is 0 Å². The van der Waals surface area contributed by atoms with Crippen LogP contribution in [0.5, 0.6) is 0 Å². The maximum atomic E-state index is 13.4. The highest BCUT2D eigenvalue weighted by Crippen LogP contribution is 2.46. The number of nitro benzene ring substituents is 1. The third kappa shape index (κ3) is 3.20. The number of nitro groups is 1. The number of amides is 3. The lowest BCUT2D eigenvalue weighted by Crippen LogP contribution is -2.72. The Morgan fingerprint density at radius 2 is 1.63 bits per heavy atom. The molecule has 2 aromatic rings. The van der Waals surface area contributed by atoms with Crippen LogP contribution in [0.25, 0.3) is 0 Å². The van der Waals surface area contributed by atoms with Crippen molar-refractivity contribution in [3.8, 4) is 0 Å². The molecule has 2 fully saturated rings. The van der Waals surface area contributed by atoms with E-state index >= 15 is 0 Å². The van der Waals surface area contributed by atoms with Crippen LogP contribution in [0.3, 0.4) is 0 Å². The normalized spacial score (nSPS) is 26.3. The highest BCUT2D eigenvalue weighted by Gasteiger charge is 2.71. The molecule has 2 unspecified atom stereocenters. The molecule has 3 heterocycles. The van der Waals surface area contributed by atoms with Gasteiger partial charge in [0.15, 0.2) is 6.04 Å². The van der Waals surface area contributed by atoms with Crippen LogP contribution >= 0.6 is 0 Å². The zero-order chi connectivity index (χ0) is 25.2. The van der Waals surface area contributed by atoms with Gasteiger partial charge in [0.2, 0.25) is 0 Å². The molecular weight excluding hydrogens is 478 g/mol. The number of carbonyl (C=O) groups excluding carboxylic acids is 4. The van der Waals surface area contributed by atoms with Gasteiger partial charge in [0.05, 0.1) is 31.6 Å². The fourth-order valence-electron chi connectivity index (χ4n) is 4.76. The molecular formula is C23H19N3O8S. The Labute approximate surface area is 201 Å². The molecule has 2 aromatic carbocycles. The zero-order valence-electron chi connectivity index (χ0n) is 18.6. The fourth-order valence-corrected chi connectivity index (χ4v) is 6.72. The highest BCUT2D eigenvalue weighted by molar-refractivity contribution is 7.87. The summed E-state index contributed by atoms with van der Waals surface area (Å²) in [6.07, 6.45) is 0. The van der Waals surface area contributed by atoms with Crippen molar-refractivity contribution in [2.45, 2.75) is 42.7 Å². The Morgan fingerprint density at radius 3 is 2.17 bits per heavy atom. The number of hydrogen-bond acceptors (Lipinski definition) is 8. The minimum Gasteiger partial charge on any atom is -0.459 e. The average molecular weight is 497 g/mol. The van der Waals surface area contributed by atoms with E-state index in [1.54, 1.807) is 26.0 Å². The van der Waals surface area contributed by atoms with Crippen LogP contribution in [-0.4, -0.2) is 64.8 Å². The van der Waals surface area contributed by atoms with E-state index in [-0.39, 0.29) is 23.4 Å². The minimum absolute atomic E-state index is 0.111. The summed E-state index contributed by atoms with van der Waals surface area (Å²) in [5.74, 6) is -2.72. The van der Waals surface area contributed by atoms with Crippen LogP contribution in [-0.2, 0) is 31.7 Å². The van der Waals surface area contributed by atoms with Crippen molar-refractivity contribution in [3.05, 3.63) is 75.3 Å². The molecule has 0 aromatic heterocycles. The van der Waals surface area contributed by atoms with Gasteiger partial charge in [-0.15, -0.1) is 0 Å². The van der Waals surface area contributed by atoms with Crippen molar-refractivity contribution in [1.82, 2.24) is 9.80 Å². The average Bonchev–Trinajstić information content (AvgIpc) is 3.18. The zero-order valence-corrected chi connectivity index (χ0v) is 19.4. The van der Waals surface area contributed by atoms with Crippen LogP contribution in [0.15, 0.2) is 48.5 Å². The lowest BCUT2D eigenvalue weighted by molar-refractivity contribution is -0.384. The number of ether oxygens (including phenoxy) is 1. The van der Waals surface area contributed by atoms with E-state index in [9.17, 15) is 33.5 Å². The first-order valence-electron chi connectivity index (χ1n) is 10.7. The summed E-state index contributed by atoms with van der Waals surface area (Å²) < 4.78 is 17.5. The molecule has 3 aliphatic rings. The maximum absolute atomic E-state index is 13.4. The number of non-ortho nitro benzene ring substituents is 1. The maximum Gasteiger partial charge on any atom is 0.330 e. The monoisotopic (exact) mass is 497 g/mol. The first-order valence-corrected chi connectivity index (χ1v) is 11.9. The summed E-state index contributed by atoms with van der Waals surface area (Å²) in [6, 6.07) is 9.18. The van der Waals surface area contributed by atoms with Crippen molar-refractivity contribution in [2.75, 3.05) is 0 Å². The SMILES string of the molecule is CC1(C)C(C(=O)OCc2ccc([N+](=O)[O-])cc2)N2C(=O)[C@@H](N3C(=O)c4ccccc4C3=O)[C@H]2S1=O. The number of hydrogen-bond donors (Lipinski definition) is 0. The molecule has 12 heteroatoms. The van der Waals surface area contributed by atoms with Crippen LogP contribution in [0.1, 0.15) is 40.1 Å². The van der Waals surface area contributed by atoms with Gasteiger partial charge in [-0.05, 0) is 43.7 Å². The number of nitrogens with zero attached hydrogens (tertiary/aromatic N) is 3. The molecule has 0 N–H and O–H groups in total. The first-order chi connectivity index (χ1) is 16.6. The standard InChI is InChI=1S/C23H19N3O8S/c1-23(2)17(22(30)34-11-12-7-9-13(10-8-12)26(31)32)25-20(29)16(21(25)35(23)33)24-18(27)14-5-3-4-6-15(14)19(24)28/h3-10,16-17,21H,11H2,1-2H3/t16-,17?,21-,35?/m1/s1. The van der Waals surface area contributed by atoms with Crippen LogP contribution < -0.4 is 0 Å². The summed E-state index contributed by atoms with van der Waals surface area (Å²) in [5.41, 5.74) is 0.730. The summed E-state index contributed by atoms with van der Waals surface area (Å²) >= 11 is 0. The van der Waals surface area contributed by atoms with Gasteiger partial charge in [0, 0.05) is 12.1 Å². The van der Waals surface area contributed by atoms with Gasteiger partial charge in [-0.3, -0.25) is 33.6 Å². The Bertz CT molecular complexity index is 1300. The molecule has 2 saturated heterocycles. The molecule has 0 saturated carbocycles. The number of carbonyl (C=O) groups is 4. The first kappa shape index (κ1) is 22.8. The minimum atomic E-state index is -1.79. The molecule has 0 radical (unpaired) electrons. The second-order valence-corrected chi connectivity index (χ2v) is 11.1. The van der Waals surface area contributed by atoms with Gasteiger partial charge in [-0.25, -0.2) is 4.79 Å². The van der Waals surface area contributed by atoms with Gasteiger partial charge >= 0.3 is 5.97 Å². The molecule has 0 aliphatic carbocycles. The number of benzene rings is 2. The smallest absolute Gasteiger partial charge is 0.330 e. The van der Waals surface area contributed by atoms with Gasteiger partial charge in [0.1, 0.15) is 18.0 Å². The molecule has 3 aliphatic heterocycles. The number of imide groups is 1. The largest absolute Gasteiger partial charge is 0.459 e. The topological polar surface area (TPSA) is 144 Å². The van der Waals surface area contributed by atoms with Crippen molar-refractivity contribution in [3.63, 3.8) is 0 Å². The van der Waals surface area contributed by atoms with E-state index in [0.717, 1.165) is 9.80 Å². The predicted octanol–water partition coefficient (Wildman–Crippen LogP) is 1.38. The van der Waals surface area contributed by atoms with E-state index in [4.69, 9.17) is 4.74 Å². The van der Waals surface area contributed by atoms with E-state index in [1.807, 2.05) is 0 Å². The molecule has 11 nitrogen and oxygen atoms in total. The second kappa shape index (κ2) is 7.80. The Kier molecular flexibility index (Phi) is 5.09. The Hall–Kier alpha value is -3.93. The van der Waals surface area contributed by atoms with E-state index in [0.29, 0.717) is 5.56 Å². The lowest BCUT2D eigenvalue weighted by Gasteiger charge is -2.46. The second-order valence-electron chi connectivity index (χ2n) is 8.94. The quantitative estimate of drug-likeness (QED) is 0.198. The molecule has 180 valence electrons. The fraction of sp³-hybridized carbons (Fsp3) is 0.304.